The molecule has 18 atom stereocenters. The van der Waals surface area contributed by atoms with Gasteiger partial charge in [-0.3, -0.25) is 4.79 Å². The number of hydrogen-bond donors (Lipinski definition) is 0. The highest BCUT2D eigenvalue weighted by atomic mass is 31.1. The van der Waals surface area contributed by atoms with Gasteiger partial charge in [0.2, 0.25) is 0 Å². The molecular formula is C64H122O10P+. The van der Waals surface area contributed by atoms with Crippen LogP contribution in [0.3, 0.4) is 0 Å². The van der Waals surface area contributed by atoms with Gasteiger partial charge in [-0.05, 0) is 67.1 Å². The quantitative estimate of drug-likeness (QED) is 0.0333. The van der Waals surface area contributed by atoms with E-state index in [1.54, 1.807) is 0 Å². The van der Waals surface area contributed by atoms with Crippen molar-refractivity contribution in [3.8, 4) is 0 Å². The van der Waals surface area contributed by atoms with E-state index in [0.29, 0.717) is 36.7 Å². The first-order valence-corrected chi connectivity index (χ1v) is 33.5. The Morgan fingerprint density at radius 2 is 0.787 bits per heavy atom. The van der Waals surface area contributed by atoms with Crippen molar-refractivity contribution in [3.63, 3.8) is 0 Å². The second-order valence-electron chi connectivity index (χ2n) is 24.7. The Morgan fingerprint density at radius 1 is 0.427 bits per heavy atom. The predicted octanol–water partition coefficient (Wildman–Crippen LogP) is 18.7. The largest absolute Gasteiger partial charge is 0.697 e. The van der Waals surface area contributed by atoms with Gasteiger partial charge in [0.15, 0.2) is 18.7 Å². The Bertz CT molecular complexity index is 1380. The van der Waals surface area contributed by atoms with Crippen LogP contribution in [0.1, 0.15) is 283 Å². The molecular weight excluding hydrogens is 960 g/mol. The van der Waals surface area contributed by atoms with Crippen LogP contribution in [0.4, 0.5) is 0 Å². The van der Waals surface area contributed by atoms with Gasteiger partial charge < -0.3 is 28.4 Å². The second-order valence-corrected chi connectivity index (χ2v) is 25.6. The summed E-state index contributed by atoms with van der Waals surface area (Å²) in [6, 6.07) is 0. The van der Waals surface area contributed by atoms with E-state index >= 15 is 0 Å². The number of ether oxygens (including phenoxy) is 6. The van der Waals surface area contributed by atoms with E-state index in [2.05, 4.69) is 90.0 Å². The number of unbranched alkanes of at least 4 members (excludes halogenated alkanes) is 25. The molecule has 11 heteroatoms. The predicted molar refractivity (Wildman–Crippen MR) is 310 cm³/mol. The molecule has 0 aromatic carbocycles. The highest BCUT2D eigenvalue weighted by Crippen LogP contribution is 2.47. The zero-order valence-electron chi connectivity index (χ0n) is 51.2. The number of carbonyl (C=O) groups excluding carboxylic acids is 1. The SMILES string of the molecule is CCCCCCCCCCCCCCCCO[C@H](COC(=O)CCCCCCCCCCCCCCC)CO[P+](=O)OC1C(O[C@H]2OC(CC)[C@@H](C)[C@H](C)C2C)C(C)C(C)[C@H](C)C1O[C@H]1OC(CC)[C@@H](C)C(C)[C@H]1C. The lowest BCUT2D eigenvalue weighted by atomic mass is 9.69. The van der Waals surface area contributed by atoms with Crippen LogP contribution in [0, 0.1) is 53.3 Å². The number of esters is 1. The minimum absolute atomic E-state index is 0.0299. The standard InChI is InChI=1S/C64H122O10P/c1-14-18-20-22-24-26-28-30-32-34-36-38-40-42-44-67-56(45-68-59(65)43-41-39-37-35-33-31-29-27-25-23-21-19-15-2)46-69-75(66)74-62-60(72-63-54(12)47(5)50(8)57(16-3)70-63)52(10)49(7)53(11)61(62)73-64-55(13)48(6)51(9)58(17-4)71-64/h47-58,60-64H,14-46H2,1-13H3/q+1/t47-,48?,49?,50-,51-,52?,53-,54?,55+,56+,57?,58?,60?,61?,62?,63+,64+/m0/s1. The zero-order chi connectivity index (χ0) is 55.0. The van der Waals surface area contributed by atoms with E-state index < -0.39 is 45.3 Å². The first-order valence-electron chi connectivity index (χ1n) is 32.4. The molecule has 0 radical (unpaired) electrons. The van der Waals surface area contributed by atoms with Gasteiger partial charge in [-0.2, -0.15) is 0 Å². The van der Waals surface area contributed by atoms with Crippen LogP contribution in [0.25, 0.3) is 0 Å². The van der Waals surface area contributed by atoms with Crippen LogP contribution in [-0.2, 0) is 46.8 Å². The fourth-order valence-electron chi connectivity index (χ4n) is 12.4. The first kappa shape index (κ1) is 68.6. The summed E-state index contributed by atoms with van der Waals surface area (Å²) in [6.07, 6.45) is 33.5. The average molecular weight is 1080 g/mol. The van der Waals surface area contributed by atoms with Crippen LogP contribution < -0.4 is 0 Å². The summed E-state index contributed by atoms with van der Waals surface area (Å²) < 4.78 is 67.2. The summed E-state index contributed by atoms with van der Waals surface area (Å²) >= 11 is 0. The normalized spacial score (nSPS) is 31.9. The van der Waals surface area contributed by atoms with Gasteiger partial charge in [-0.25, -0.2) is 0 Å². The summed E-state index contributed by atoms with van der Waals surface area (Å²) in [5.41, 5.74) is 0. The topological polar surface area (TPSA) is 108 Å². The van der Waals surface area contributed by atoms with Crippen molar-refractivity contribution in [3.05, 3.63) is 0 Å². The molecule has 2 aliphatic heterocycles. The lowest BCUT2D eigenvalue weighted by molar-refractivity contribution is -0.320. The van der Waals surface area contributed by atoms with Crippen LogP contribution in [0.15, 0.2) is 0 Å². The van der Waals surface area contributed by atoms with E-state index in [9.17, 15) is 9.36 Å². The van der Waals surface area contributed by atoms with Crippen molar-refractivity contribution >= 4 is 14.2 Å². The number of carbonyl (C=O) groups is 1. The highest BCUT2D eigenvalue weighted by Gasteiger charge is 2.55. The van der Waals surface area contributed by atoms with Crippen molar-refractivity contribution in [2.45, 2.75) is 332 Å². The molecule has 2 heterocycles. The monoisotopic (exact) mass is 1080 g/mol. The lowest BCUT2D eigenvalue weighted by Gasteiger charge is -2.51. The molecule has 0 bridgehead atoms. The van der Waals surface area contributed by atoms with Crippen molar-refractivity contribution in [1.29, 1.82) is 0 Å². The number of rotatable bonds is 43. The molecule has 0 aromatic rings. The Kier molecular flexibility index (Phi) is 37.0. The molecule has 3 aliphatic rings. The van der Waals surface area contributed by atoms with E-state index in [1.807, 2.05) is 0 Å². The minimum atomic E-state index is -2.67. The molecule has 1 aliphatic carbocycles. The van der Waals surface area contributed by atoms with Gasteiger partial charge >= 0.3 is 14.2 Å². The summed E-state index contributed by atoms with van der Waals surface area (Å²) in [5.74, 6) is 1.97. The molecule has 2 saturated heterocycles. The van der Waals surface area contributed by atoms with Gasteiger partial charge in [-0.1, -0.05) is 251 Å². The molecule has 0 spiro atoms. The third-order valence-corrected chi connectivity index (χ3v) is 19.8. The molecule has 10 unspecified atom stereocenters. The first-order chi connectivity index (χ1) is 36.2. The lowest BCUT2D eigenvalue weighted by Crippen LogP contribution is -2.60. The Hall–Kier alpha value is -0.710. The Labute approximate surface area is 464 Å². The maximum absolute atomic E-state index is 14.4. The Balaban J connectivity index is 1.65. The summed E-state index contributed by atoms with van der Waals surface area (Å²) in [4.78, 5) is 13.1. The Morgan fingerprint density at radius 3 is 1.17 bits per heavy atom. The van der Waals surface area contributed by atoms with Gasteiger partial charge in [-0.15, -0.1) is 9.05 Å². The van der Waals surface area contributed by atoms with Crippen molar-refractivity contribution in [2.75, 3.05) is 19.8 Å². The summed E-state index contributed by atoms with van der Waals surface area (Å²) in [6.45, 7) is 29.8. The molecule has 0 amide bonds. The van der Waals surface area contributed by atoms with Gasteiger partial charge in [0.05, 0.1) is 24.4 Å². The van der Waals surface area contributed by atoms with Gasteiger partial charge in [0, 0.05) is 29.4 Å². The maximum atomic E-state index is 14.4. The number of hydrogen-bond acceptors (Lipinski definition) is 10. The second kappa shape index (κ2) is 40.5. The third kappa shape index (κ3) is 25.3. The fourth-order valence-corrected chi connectivity index (χ4v) is 13.2. The molecule has 1 saturated carbocycles. The van der Waals surface area contributed by atoms with Crippen molar-refractivity contribution in [2.24, 2.45) is 53.3 Å². The highest BCUT2D eigenvalue weighted by molar-refractivity contribution is 7.33. The van der Waals surface area contributed by atoms with Crippen LogP contribution in [0.2, 0.25) is 0 Å². The molecule has 10 nitrogen and oxygen atoms in total. The van der Waals surface area contributed by atoms with Gasteiger partial charge in [0.1, 0.15) is 19.3 Å². The van der Waals surface area contributed by atoms with Gasteiger partial charge in [0.25, 0.3) is 0 Å². The smallest absolute Gasteiger partial charge is 0.463 e. The van der Waals surface area contributed by atoms with E-state index in [4.69, 9.17) is 37.5 Å². The summed E-state index contributed by atoms with van der Waals surface area (Å²) in [5, 5.41) is 0. The summed E-state index contributed by atoms with van der Waals surface area (Å²) in [7, 11) is -2.67. The van der Waals surface area contributed by atoms with Crippen molar-refractivity contribution in [1.82, 2.24) is 0 Å². The third-order valence-electron chi connectivity index (χ3n) is 19.0. The fraction of sp³-hybridized carbons (Fsp3) is 0.984. The molecule has 442 valence electrons. The van der Waals surface area contributed by atoms with Crippen LogP contribution in [0.5, 0.6) is 0 Å². The average Bonchev–Trinajstić information content (AvgIpc) is 3.40. The molecule has 0 N–H and O–H groups in total. The zero-order valence-corrected chi connectivity index (χ0v) is 52.1. The molecule has 75 heavy (non-hydrogen) atoms. The maximum Gasteiger partial charge on any atom is 0.697 e. The minimum Gasteiger partial charge on any atom is -0.463 e. The van der Waals surface area contributed by atoms with E-state index in [-0.39, 0.29) is 61.0 Å². The van der Waals surface area contributed by atoms with Crippen molar-refractivity contribution < 1.29 is 46.8 Å². The van der Waals surface area contributed by atoms with Crippen LogP contribution in [-0.4, -0.2) is 75.0 Å². The molecule has 3 rings (SSSR count). The van der Waals surface area contributed by atoms with E-state index in [0.717, 1.165) is 44.9 Å². The molecule has 3 fully saturated rings. The van der Waals surface area contributed by atoms with E-state index in [1.165, 1.54) is 141 Å². The van der Waals surface area contributed by atoms with Crippen LogP contribution >= 0.6 is 8.25 Å². The molecule has 0 aromatic heterocycles.